The minimum atomic E-state index is -0.399. The first kappa shape index (κ1) is 14.8. The van der Waals surface area contributed by atoms with E-state index in [1.807, 2.05) is 7.05 Å². The molecule has 1 aliphatic carbocycles. The van der Waals surface area contributed by atoms with Gasteiger partial charge in [0.05, 0.1) is 0 Å². The average Bonchev–Trinajstić information content (AvgIpc) is 3.02. The Morgan fingerprint density at radius 3 is 2.59 bits per heavy atom. The van der Waals surface area contributed by atoms with Gasteiger partial charge in [0.1, 0.15) is 0 Å². The molecule has 3 atom stereocenters. The normalized spacial score (nSPS) is 27.9. The van der Waals surface area contributed by atoms with Crippen LogP contribution in [0.25, 0.3) is 0 Å². The number of rotatable bonds is 2. The van der Waals surface area contributed by atoms with Crippen molar-refractivity contribution in [3.05, 3.63) is 16.3 Å². The monoisotopic (exact) mass is 307 g/mol. The molecule has 0 unspecified atom stereocenters. The number of hydrogen-bond donors (Lipinski definition) is 1. The fourth-order valence-corrected chi connectivity index (χ4v) is 3.64. The van der Waals surface area contributed by atoms with Crippen molar-refractivity contribution in [2.45, 2.75) is 25.3 Å². The molecule has 2 amide bonds. The number of hydrogen-bond acceptors (Lipinski definition) is 4. The van der Waals surface area contributed by atoms with Gasteiger partial charge < -0.3 is 9.80 Å². The second-order valence-electron chi connectivity index (χ2n) is 6.44. The number of nitrogens with one attached hydrogen (secondary N) is 1. The minimum absolute atomic E-state index is 0.0677. The number of fused-ring (bicyclic) bond motifs is 1. The van der Waals surface area contributed by atoms with Crippen LogP contribution in [0, 0.1) is 11.8 Å². The van der Waals surface area contributed by atoms with E-state index in [2.05, 4.69) is 10.1 Å². The first-order valence-corrected chi connectivity index (χ1v) is 7.51. The van der Waals surface area contributed by atoms with Crippen molar-refractivity contribution in [1.82, 2.24) is 24.6 Å². The van der Waals surface area contributed by atoms with Crippen molar-refractivity contribution in [3.8, 4) is 0 Å². The highest BCUT2D eigenvalue weighted by Gasteiger charge is 2.42. The lowest BCUT2D eigenvalue weighted by atomic mass is 9.88. The molecule has 0 aromatic carbocycles. The Balaban J connectivity index is 1.71. The SMILES string of the molecule is CN1C[C@H]2C[C@@H](N(C)C(=O)c3nn(C)c(=O)[nH]3)C[C@H]2CC1=O. The van der Waals surface area contributed by atoms with Crippen LogP contribution in [0.4, 0.5) is 0 Å². The number of aromatic nitrogens is 3. The fraction of sp³-hybridized carbons (Fsp3) is 0.714. The van der Waals surface area contributed by atoms with E-state index in [0.29, 0.717) is 18.3 Å². The van der Waals surface area contributed by atoms with Crippen LogP contribution in [-0.2, 0) is 11.8 Å². The van der Waals surface area contributed by atoms with Crippen LogP contribution in [0.5, 0.6) is 0 Å². The lowest BCUT2D eigenvalue weighted by Crippen LogP contribution is -2.40. The second-order valence-corrected chi connectivity index (χ2v) is 6.44. The van der Waals surface area contributed by atoms with Crippen molar-refractivity contribution < 1.29 is 9.59 Å². The number of carbonyl (C=O) groups is 2. The number of carbonyl (C=O) groups excluding carboxylic acids is 2. The van der Waals surface area contributed by atoms with E-state index < -0.39 is 5.69 Å². The van der Waals surface area contributed by atoms with E-state index in [0.717, 1.165) is 24.1 Å². The Hall–Kier alpha value is -2.12. The summed E-state index contributed by atoms with van der Waals surface area (Å²) in [6.07, 6.45) is 2.30. The van der Waals surface area contributed by atoms with Gasteiger partial charge in [0.2, 0.25) is 11.7 Å². The van der Waals surface area contributed by atoms with E-state index in [9.17, 15) is 14.4 Å². The van der Waals surface area contributed by atoms with Crippen LogP contribution in [0.15, 0.2) is 4.79 Å². The largest absolute Gasteiger partial charge is 0.345 e. The molecule has 0 spiro atoms. The third-order valence-electron chi connectivity index (χ3n) is 5.03. The Kier molecular flexibility index (Phi) is 3.54. The molecule has 1 aromatic heterocycles. The summed E-state index contributed by atoms with van der Waals surface area (Å²) in [5.41, 5.74) is -0.399. The van der Waals surface area contributed by atoms with Crippen LogP contribution in [0.3, 0.4) is 0 Å². The van der Waals surface area contributed by atoms with Gasteiger partial charge in [-0.1, -0.05) is 0 Å². The molecule has 2 fully saturated rings. The molecule has 1 aliphatic heterocycles. The van der Waals surface area contributed by atoms with Gasteiger partial charge >= 0.3 is 5.69 Å². The summed E-state index contributed by atoms with van der Waals surface area (Å²) in [5.74, 6) is 0.779. The third-order valence-corrected chi connectivity index (χ3v) is 5.03. The summed E-state index contributed by atoms with van der Waals surface area (Å²) < 4.78 is 1.11. The van der Waals surface area contributed by atoms with Gasteiger partial charge in [-0.25, -0.2) is 9.48 Å². The summed E-state index contributed by atoms with van der Waals surface area (Å²) in [5, 5.41) is 3.91. The number of H-pyrrole nitrogens is 1. The van der Waals surface area contributed by atoms with E-state index in [1.165, 1.54) is 7.05 Å². The highest BCUT2D eigenvalue weighted by atomic mass is 16.2. The van der Waals surface area contributed by atoms with Crippen molar-refractivity contribution in [1.29, 1.82) is 0 Å². The summed E-state index contributed by atoms with van der Waals surface area (Å²) in [4.78, 5) is 41.5. The zero-order chi connectivity index (χ0) is 16.0. The Labute approximate surface area is 128 Å². The zero-order valence-corrected chi connectivity index (χ0v) is 13.1. The standard InChI is InChI=1S/C14H21N5O3/c1-17-7-9-5-10(4-8(9)6-11(17)20)18(2)13(21)12-15-14(22)19(3)16-12/h8-10H,4-7H2,1-3H3,(H,15,16,22)/t8-,9+,10-/m0/s1. The number of aryl methyl sites for hydroxylation is 1. The van der Waals surface area contributed by atoms with Gasteiger partial charge in [0, 0.05) is 40.2 Å². The number of likely N-dealkylation sites (tertiary alicyclic amines) is 1. The molecule has 8 heteroatoms. The Bertz CT molecular complexity index is 664. The topological polar surface area (TPSA) is 91.3 Å². The van der Waals surface area contributed by atoms with Crippen LogP contribution < -0.4 is 5.69 Å². The highest BCUT2D eigenvalue weighted by Crippen LogP contribution is 2.40. The van der Waals surface area contributed by atoms with Crippen LogP contribution in [0.1, 0.15) is 29.9 Å². The molecule has 0 radical (unpaired) electrons. The second kappa shape index (κ2) is 5.26. The molecule has 1 aromatic rings. The lowest BCUT2D eigenvalue weighted by Gasteiger charge is -2.31. The van der Waals surface area contributed by atoms with Gasteiger partial charge in [0.15, 0.2) is 0 Å². The number of aromatic amines is 1. The van der Waals surface area contributed by atoms with E-state index in [1.54, 1.807) is 16.8 Å². The van der Waals surface area contributed by atoms with Crippen molar-refractivity contribution in [2.24, 2.45) is 18.9 Å². The molecule has 2 heterocycles. The predicted molar refractivity (Wildman–Crippen MR) is 78.2 cm³/mol. The molecule has 2 aliphatic rings. The van der Waals surface area contributed by atoms with Crippen LogP contribution in [0.2, 0.25) is 0 Å². The first-order valence-electron chi connectivity index (χ1n) is 7.51. The van der Waals surface area contributed by atoms with Crippen molar-refractivity contribution in [2.75, 3.05) is 20.6 Å². The van der Waals surface area contributed by atoms with Gasteiger partial charge in [-0.05, 0) is 24.7 Å². The molecule has 0 bridgehead atoms. The van der Waals surface area contributed by atoms with Crippen LogP contribution in [-0.4, -0.2) is 63.1 Å². The maximum atomic E-state index is 12.4. The van der Waals surface area contributed by atoms with Crippen molar-refractivity contribution >= 4 is 11.8 Å². The molecule has 1 N–H and O–H groups in total. The summed E-state index contributed by atoms with van der Waals surface area (Å²) in [6, 6.07) is 0.0901. The highest BCUT2D eigenvalue weighted by molar-refractivity contribution is 5.90. The maximum absolute atomic E-state index is 12.4. The molecule has 120 valence electrons. The third kappa shape index (κ3) is 2.42. The van der Waals surface area contributed by atoms with Gasteiger partial charge in [-0.2, -0.15) is 0 Å². The zero-order valence-electron chi connectivity index (χ0n) is 13.1. The van der Waals surface area contributed by atoms with E-state index in [-0.39, 0.29) is 23.7 Å². The molecule has 1 saturated heterocycles. The number of amides is 2. The van der Waals surface area contributed by atoms with E-state index >= 15 is 0 Å². The predicted octanol–water partition coefficient (Wildman–Crippen LogP) is -0.563. The van der Waals surface area contributed by atoms with Gasteiger partial charge in [-0.3, -0.25) is 14.6 Å². The quantitative estimate of drug-likeness (QED) is 0.792. The van der Waals surface area contributed by atoms with Gasteiger partial charge in [-0.15, -0.1) is 5.10 Å². The first-order chi connectivity index (χ1) is 10.4. The van der Waals surface area contributed by atoms with Gasteiger partial charge in [0.25, 0.3) is 5.91 Å². The molecule has 8 nitrogen and oxygen atoms in total. The number of nitrogens with zero attached hydrogens (tertiary/aromatic N) is 4. The Morgan fingerprint density at radius 1 is 1.27 bits per heavy atom. The fourth-order valence-electron chi connectivity index (χ4n) is 3.64. The molecule has 22 heavy (non-hydrogen) atoms. The Morgan fingerprint density at radius 2 is 1.95 bits per heavy atom. The molecule has 1 saturated carbocycles. The minimum Gasteiger partial charge on any atom is -0.345 e. The number of piperidine rings is 1. The average molecular weight is 307 g/mol. The van der Waals surface area contributed by atoms with Crippen LogP contribution >= 0.6 is 0 Å². The van der Waals surface area contributed by atoms with E-state index in [4.69, 9.17) is 0 Å². The maximum Gasteiger partial charge on any atom is 0.343 e. The summed E-state index contributed by atoms with van der Waals surface area (Å²) >= 11 is 0. The lowest BCUT2D eigenvalue weighted by molar-refractivity contribution is -0.134. The summed E-state index contributed by atoms with van der Waals surface area (Å²) in [6.45, 7) is 0.766. The molecular weight excluding hydrogens is 286 g/mol. The smallest absolute Gasteiger partial charge is 0.343 e. The molecular formula is C14H21N5O3. The summed E-state index contributed by atoms with van der Waals surface area (Å²) in [7, 11) is 5.07. The molecule has 3 rings (SSSR count). The van der Waals surface area contributed by atoms with Crippen molar-refractivity contribution in [3.63, 3.8) is 0 Å².